The molecule has 0 saturated heterocycles. The minimum absolute atomic E-state index is 0.106. The van der Waals surface area contributed by atoms with Crippen LogP contribution in [0.15, 0.2) is 88.3 Å². The van der Waals surface area contributed by atoms with Crippen LogP contribution in [0.25, 0.3) is 22.6 Å². The molecular formula is C27H17ClN4O6. The lowest BCUT2D eigenvalue weighted by Gasteiger charge is -2.06. The van der Waals surface area contributed by atoms with Gasteiger partial charge in [0.05, 0.1) is 32.2 Å². The average molecular weight is 529 g/mol. The van der Waals surface area contributed by atoms with E-state index in [-0.39, 0.29) is 5.75 Å². The van der Waals surface area contributed by atoms with Gasteiger partial charge < -0.3 is 9.15 Å². The van der Waals surface area contributed by atoms with E-state index in [1.165, 1.54) is 6.07 Å². The van der Waals surface area contributed by atoms with Gasteiger partial charge in [0.2, 0.25) is 11.6 Å². The summed E-state index contributed by atoms with van der Waals surface area (Å²) < 4.78 is 11.5. The predicted octanol–water partition coefficient (Wildman–Crippen LogP) is 7.82. The summed E-state index contributed by atoms with van der Waals surface area (Å²) in [5.41, 5.74) is 3.55. The number of nitro groups is 2. The molecule has 1 heterocycles. The zero-order valence-corrected chi connectivity index (χ0v) is 20.5. The molecule has 0 radical (unpaired) electrons. The van der Waals surface area contributed by atoms with E-state index in [0.717, 1.165) is 28.8 Å². The van der Waals surface area contributed by atoms with Crippen molar-refractivity contribution in [3.8, 4) is 23.0 Å². The number of fused-ring (bicyclic) bond motifs is 1. The number of benzene rings is 4. The molecule has 0 aliphatic rings. The van der Waals surface area contributed by atoms with Crippen LogP contribution in [0, 0.1) is 27.2 Å². The molecule has 0 amide bonds. The summed E-state index contributed by atoms with van der Waals surface area (Å²) in [6, 6.07) is 20.9. The van der Waals surface area contributed by atoms with Gasteiger partial charge in [-0.1, -0.05) is 17.7 Å². The average Bonchev–Trinajstić information content (AvgIpc) is 3.32. The molecule has 10 nitrogen and oxygen atoms in total. The molecule has 0 unspecified atom stereocenters. The predicted molar refractivity (Wildman–Crippen MR) is 143 cm³/mol. The first-order chi connectivity index (χ1) is 18.3. The fourth-order valence-corrected chi connectivity index (χ4v) is 3.85. The third-order valence-corrected chi connectivity index (χ3v) is 5.87. The lowest BCUT2D eigenvalue weighted by atomic mass is 10.2. The van der Waals surface area contributed by atoms with Gasteiger partial charge >= 0.3 is 5.69 Å². The lowest BCUT2D eigenvalue weighted by Crippen LogP contribution is -1.96. The van der Waals surface area contributed by atoms with Crippen molar-refractivity contribution in [3.63, 3.8) is 0 Å². The van der Waals surface area contributed by atoms with Crippen LogP contribution in [0.1, 0.15) is 11.1 Å². The summed E-state index contributed by atoms with van der Waals surface area (Å²) in [5, 5.41) is 22.7. The smallest absolute Gasteiger partial charge is 0.318 e. The van der Waals surface area contributed by atoms with Crippen LogP contribution < -0.4 is 4.74 Å². The van der Waals surface area contributed by atoms with E-state index in [0.29, 0.717) is 33.5 Å². The van der Waals surface area contributed by atoms with Crippen molar-refractivity contribution in [2.75, 3.05) is 0 Å². The summed E-state index contributed by atoms with van der Waals surface area (Å²) >= 11 is 6.40. The summed E-state index contributed by atoms with van der Waals surface area (Å²) in [6.07, 6.45) is 1.64. The Morgan fingerprint density at radius 2 is 1.74 bits per heavy atom. The standard InChI is InChI=1S/C27H17ClN4O6/c1-16-2-10-23-26(12-16)38-27(30-23)21-13-18(5-9-22(21)28)29-15-17-3-7-20(8-4-17)37-25-11-6-19(31(33)34)14-24(25)32(35)36/h2-15H,1H3. The Balaban J connectivity index is 1.34. The van der Waals surface area contributed by atoms with Crippen LogP contribution in [-0.4, -0.2) is 21.0 Å². The van der Waals surface area contributed by atoms with E-state index < -0.39 is 21.2 Å². The number of nitrogens with zero attached hydrogens (tertiary/aromatic N) is 4. The number of hydrogen-bond acceptors (Lipinski definition) is 8. The Morgan fingerprint density at radius 1 is 0.947 bits per heavy atom. The Bertz CT molecular complexity index is 1730. The fraction of sp³-hybridized carbons (Fsp3) is 0.0370. The lowest BCUT2D eigenvalue weighted by molar-refractivity contribution is -0.394. The number of oxazole rings is 1. The molecule has 0 atom stereocenters. The Labute approximate surface area is 220 Å². The highest BCUT2D eigenvalue weighted by Crippen LogP contribution is 2.35. The molecule has 5 rings (SSSR count). The van der Waals surface area contributed by atoms with E-state index in [2.05, 4.69) is 9.98 Å². The number of halogens is 1. The van der Waals surface area contributed by atoms with Gasteiger partial charge in [0.25, 0.3) is 5.69 Å². The second kappa shape index (κ2) is 10.1. The minimum Gasteiger partial charge on any atom is -0.450 e. The van der Waals surface area contributed by atoms with Gasteiger partial charge in [-0.25, -0.2) is 4.98 Å². The monoisotopic (exact) mass is 528 g/mol. The number of non-ortho nitro benzene ring substituents is 1. The molecule has 0 bridgehead atoms. The van der Waals surface area contributed by atoms with Crippen LogP contribution in [0.4, 0.5) is 17.1 Å². The van der Waals surface area contributed by atoms with Gasteiger partial charge in [-0.2, -0.15) is 0 Å². The Kier molecular flexibility index (Phi) is 6.55. The van der Waals surface area contributed by atoms with E-state index in [9.17, 15) is 20.2 Å². The van der Waals surface area contributed by atoms with Crippen molar-refractivity contribution in [3.05, 3.63) is 115 Å². The molecule has 188 valence electrons. The number of rotatable bonds is 7. The fourth-order valence-electron chi connectivity index (χ4n) is 3.65. The number of aliphatic imine (C=N–C) groups is 1. The topological polar surface area (TPSA) is 134 Å². The quantitative estimate of drug-likeness (QED) is 0.119. The zero-order chi connectivity index (χ0) is 26.8. The molecular weight excluding hydrogens is 512 g/mol. The van der Waals surface area contributed by atoms with Crippen molar-refractivity contribution < 1.29 is 19.0 Å². The maximum Gasteiger partial charge on any atom is 0.318 e. The highest BCUT2D eigenvalue weighted by atomic mass is 35.5. The number of aryl methyl sites for hydroxylation is 1. The first-order valence-corrected chi connectivity index (χ1v) is 11.6. The largest absolute Gasteiger partial charge is 0.450 e. The molecule has 11 heteroatoms. The molecule has 0 spiro atoms. The molecule has 0 aliphatic heterocycles. The molecule has 0 fully saturated rings. The van der Waals surface area contributed by atoms with Gasteiger partial charge in [-0.3, -0.25) is 25.2 Å². The van der Waals surface area contributed by atoms with Crippen molar-refractivity contribution in [1.29, 1.82) is 0 Å². The first kappa shape index (κ1) is 24.6. The third kappa shape index (κ3) is 5.20. The molecule has 4 aromatic carbocycles. The number of nitro benzene ring substituents is 2. The van der Waals surface area contributed by atoms with E-state index in [1.807, 2.05) is 25.1 Å². The summed E-state index contributed by atoms with van der Waals surface area (Å²) in [7, 11) is 0. The van der Waals surface area contributed by atoms with Crippen LogP contribution in [0.2, 0.25) is 5.02 Å². The molecule has 0 saturated carbocycles. The second-order valence-electron chi connectivity index (χ2n) is 8.25. The van der Waals surface area contributed by atoms with E-state index in [4.69, 9.17) is 20.8 Å². The highest BCUT2D eigenvalue weighted by molar-refractivity contribution is 6.33. The highest BCUT2D eigenvalue weighted by Gasteiger charge is 2.21. The van der Waals surface area contributed by atoms with Gasteiger partial charge in [0.15, 0.2) is 5.58 Å². The zero-order valence-electron chi connectivity index (χ0n) is 19.7. The number of ether oxygens (including phenoxy) is 1. The van der Waals surface area contributed by atoms with Crippen LogP contribution in [0.5, 0.6) is 11.5 Å². The number of hydrogen-bond donors (Lipinski definition) is 0. The molecule has 38 heavy (non-hydrogen) atoms. The van der Waals surface area contributed by atoms with Crippen LogP contribution in [-0.2, 0) is 0 Å². The third-order valence-electron chi connectivity index (χ3n) is 5.54. The maximum atomic E-state index is 11.3. The van der Waals surface area contributed by atoms with Crippen LogP contribution >= 0.6 is 11.6 Å². The molecule has 5 aromatic rings. The van der Waals surface area contributed by atoms with Gasteiger partial charge in [-0.15, -0.1) is 0 Å². The normalized spacial score (nSPS) is 11.2. The van der Waals surface area contributed by atoms with Crippen molar-refractivity contribution >= 4 is 46.0 Å². The summed E-state index contributed by atoms with van der Waals surface area (Å²) in [4.78, 5) is 29.8. The van der Waals surface area contributed by atoms with Crippen LogP contribution in [0.3, 0.4) is 0 Å². The molecule has 0 N–H and O–H groups in total. The Hall–Kier alpha value is -5.09. The van der Waals surface area contributed by atoms with Gasteiger partial charge in [-0.05, 0) is 78.7 Å². The van der Waals surface area contributed by atoms with Gasteiger partial charge in [0.1, 0.15) is 11.3 Å². The van der Waals surface area contributed by atoms with Crippen molar-refractivity contribution in [2.45, 2.75) is 6.92 Å². The van der Waals surface area contributed by atoms with Gasteiger partial charge in [0, 0.05) is 12.3 Å². The first-order valence-electron chi connectivity index (χ1n) is 11.2. The van der Waals surface area contributed by atoms with E-state index in [1.54, 1.807) is 48.7 Å². The van der Waals surface area contributed by atoms with Crippen molar-refractivity contribution in [1.82, 2.24) is 4.98 Å². The SMILES string of the molecule is Cc1ccc2nc(-c3cc(N=Cc4ccc(Oc5ccc([N+](=O)[O-])cc5[N+](=O)[O-])cc4)ccc3Cl)oc2c1. The Morgan fingerprint density at radius 3 is 2.47 bits per heavy atom. The molecule has 0 aliphatic carbocycles. The summed E-state index contributed by atoms with van der Waals surface area (Å²) in [6.45, 7) is 1.97. The maximum absolute atomic E-state index is 11.3. The minimum atomic E-state index is -0.731. The second-order valence-corrected chi connectivity index (χ2v) is 8.66. The number of aromatic nitrogens is 1. The summed E-state index contributed by atoms with van der Waals surface area (Å²) in [5.74, 6) is 0.610. The van der Waals surface area contributed by atoms with Crippen molar-refractivity contribution in [2.24, 2.45) is 4.99 Å². The van der Waals surface area contributed by atoms with E-state index >= 15 is 0 Å². The molecule has 1 aromatic heterocycles.